The number of carbonyl (C=O) groups is 2. The summed E-state index contributed by atoms with van der Waals surface area (Å²) in [5.74, 6) is 0.577. The number of aldehydes is 1. The average molecular weight is 745 g/mol. The van der Waals surface area contributed by atoms with E-state index in [2.05, 4.69) is 41.1 Å². The fourth-order valence-electron chi connectivity index (χ4n) is 3.69. The number of carbonyl (C=O) groups excluding carboxylic acids is 2. The Bertz CT molecular complexity index is 1850. The smallest absolute Gasteiger partial charge is 0.354 e. The number of aromatic nitrogens is 5. The highest BCUT2D eigenvalue weighted by Crippen LogP contribution is 2.30. The SMILES string of the molecule is CC(=O)Nc1cc(NS(=O)(=O)C(F)(F)F)c(C)cc1C.CCNc1nc(Cl)nc(NC(C)C)n1.O=Cc1cc(Cl)nnc1-c1ccccc1. The number of benzene rings is 2. The van der Waals surface area contributed by atoms with Gasteiger partial charge >= 0.3 is 15.5 Å². The number of rotatable bonds is 9. The molecular formula is C30H34Cl2F3N9O4S. The van der Waals surface area contributed by atoms with E-state index < -0.39 is 21.4 Å². The van der Waals surface area contributed by atoms with Gasteiger partial charge in [0.05, 0.1) is 5.69 Å². The lowest BCUT2D eigenvalue weighted by atomic mass is 10.1. The van der Waals surface area contributed by atoms with Gasteiger partial charge in [0.1, 0.15) is 5.69 Å². The first-order valence-corrected chi connectivity index (χ1v) is 16.5. The van der Waals surface area contributed by atoms with Crippen LogP contribution in [0.1, 0.15) is 49.2 Å². The van der Waals surface area contributed by atoms with Crippen LogP contribution in [0.2, 0.25) is 10.4 Å². The largest absolute Gasteiger partial charge is 0.516 e. The topological polar surface area (TPSA) is 181 Å². The number of sulfonamides is 1. The molecule has 0 atom stereocenters. The molecule has 0 saturated carbocycles. The number of hydrogen-bond donors (Lipinski definition) is 4. The van der Waals surface area contributed by atoms with Crippen molar-refractivity contribution in [3.05, 3.63) is 75.7 Å². The maximum atomic E-state index is 12.3. The van der Waals surface area contributed by atoms with Gasteiger partial charge in [-0.25, -0.2) is 0 Å². The lowest BCUT2D eigenvalue weighted by molar-refractivity contribution is -0.114. The third-order valence-corrected chi connectivity index (χ3v) is 7.21. The lowest BCUT2D eigenvalue weighted by Gasteiger charge is -2.15. The number of alkyl halides is 3. The minimum atomic E-state index is -5.49. The Morgan fingerprint density at radius 1 is 0.939 bits per heavy atom. The van der Waals surface area contributed by atoms with Gasteiger partial charge in [-0.05, 0) is 69.5 Å². The van der Waals surface area contributed by atoms with Gasteiger partial charge in [0.2, 0.25) is 23.1 Å². The van der Waals surface area contributed by atoms with Gasteiger partial charge in [-0.1, -0.05) is 48.0 Å². The minimum Gasteiger partial charge on any atom is -0.354 e. The highest BCUT2D eigenvalue weighted by Gasteiger charge is 2.46. The first-order valence-electron chi connectivity index (χ1n) is 14.3. The van der Waals surface area contributed by atoms with E-state index in [1.807, 2.05) is 51.1 Å². The number of nitrogens with zero attached hydrogens (tertiary/aromatic N) is 5. The molecule has 0 spiro atoms. The molecule has 0 radical (unpaired) electrons. The lowest BCUT2D eigenvalue weighted by Crippen LogP contribution is -2.30. The summed E-state index contributed by atoms with van der Waals surface area (Å²) in [6, 6.07) is 13.8. The third-order valence-electron chi connectivity index (χ3n) is 5.76. The van der Waals surface area contributed by atoms with Crippen LogP contribution in [0.15, 0.2) is 48.5 Å². The van der Waals surface area contributed by atoms with Crippen LogP contribution in [-0.2, 0) is 14.8 Å². The maximum absolute atomic E-state index is 12.3. The quantitative estimate of drug-likeness (QED) is 0.131. The molecule has 0 aliphatic rings. The summed E-state index contributed by atoms with van der Waals surface area (Å²) in [5.41, 5.74) is -2.64. The fourth-order valence-corrected chi connectivity index (χ4v) is 4.63. The molecule has 4 aromatic rings. The highest BCUT2D eigenvalue weighted by atomic mass is 35.5. The summed E-state index contributed by atoms with van der Waals surface area (Å²) in [5, 5.41) is 16.5. The van der Waals surface area contributed by atoms with Crippen molar-refractivity contribution >= 4 is 68.7 Å². The number of nitrogens with one attached hydrogen (secondary N) is 4. The Morgan fingerprint density at radius 2 is 1.55 bits per heavy atom. The Kier molecular flexibility index (Phi) is 15.1. The number of amides is 1. The molecule has 0 unspecified atom stereocenters. The second-order valence-corrected chi connectivity index (χ2v) is 12.6. The van der Waals surface area contributed by atoms with Crippen LogP contribution in [0.5, 0.6) is 0 Å². The molecule has 0 aliphatic heterocycles. The molecule has 49 heavy (non-hydrogen) atoms. The van der Waals surface area contributed by atoms with Crippen molar-refractivity contribution in [2.24, 2.45) is 0 Å². The van der Waals surface area contributed by atoms with Crippen LogP contribution in [0, 0.1) is 13.8 Å². The van der Waals surface area contributed by atoms with Crippen LogP contribution in [0.3, 0.4) is 0 Å². The molecule has 0 bridgehead atoms. The minimum absolute atomic E-state index is 0.194. The van der Waals surface area contributed by atoms with Gasteiger partial charge in [0.25, 0.3) is 0 Å². The van der Waals surface area contributed by atoms with E-state index in [-0.39, 0.29) is 27.9 Å². The van der Waals surface area contributed by atoms with Crippen molar-refractivity contribution in [2.45, 2.75) is 53.1 Å². The Labute approximate surface area is 291 Å². The Hall–Kier alpha value is -4.61. The molecule has 4 N–H and O–H groups in total. The number of aryl methyl sites for hydroxylation is 2. The summed E-state index contributed by atoms with van der Waals surface area (Å²) in [6.07, 6.45) is 0.725. The van der Waals surface area contributed by atoms with Gasteiger partial charge in [-0.15, -0.1) is 10.2 Å². The van der Waals surface area contributed by atoms with Crippen LogP contribution in [0.4, 0.5) is 36.4 Å². The van der Waals surface area contributed by atoms with E-state index in [0.29, 0.717) is 34.3 Å². The number of halogens is 5. The first-order chi connectivity index (χ1) is 22.9. The molecule has 0 fully saturated rings. The van der Waals surface area contributed by atoms with Crippen molar-refractivity contribution in [3.8, 4) is 11.3 Å². The maximum Gasteiger partial charge on any atom is 0.516 e. The first kappa shape index (κ1) is 40.6. The van der Waals surface area contributed by atoms with E-state index in [1.165, 1.54) is 30.7 Å². The summed E-state index contributed by atoms with van der Waals surface area (Å²) in [7, 11) is -5.49. The van der Waals surface area contributed by atoms with Crippen molar-refractivity contribution in [1.29, 1.82) is 0 Å². The van der Waals surface area contributed by atoms with Gasteiger partial charge in [0, 0.05) is 36.3 Å². The second-order valence-electron chi connectivity index (χ2n) is 10.3. The number of hydrogen-bond acceptors (Lipinski definition) is 11. The molecule has 1 amide bonds. The van der Waals surface area contributed by atoms with Crippen molar-refractivity contribution in [3.63, 3.8) is 0 Å². The molecule has 2 aromatic heterocycles. The zero-order chi connectivity index (χ0) is 36.9. The van der Waals surface area contributed by atoms with Gasteiger partial charge < -0.3 is 16.0 Å². The zero-order valence-electron chi connectivity index (χ0n) is 27.1. The number of anilines is 4. The van der Waals surface area contributed by atoms with E-state index in [0.717, 1.165) is 24.5 Å². The molecule has 2 aromatic carbocycles. The van der Waals surface area contributed by atoms with Crippen molar-refractivity contribution in [1.82, 2.24) is 25.1 Å². The standard InChI is InChI=1S/C11H7ClN2O.C11H13F3N2O3S.C8H14ClN5/c12-10-6-9(7-15)11(14-13-10)8-4-2-1-3-5-8;1-6-4-7(2)10(5-9(6)15-8(3)17)16-20(18,19)11(12,13)14;1-4-10-7-12-6(9)13-8(14-7)11-5(2)3/h1-7H;4-5,16H,1-3H3,(H,15,17);5H,4H2,1-3H3,(H2,10,11,12,13,14). The summed E-state index contributed by atoms with van der Waals surface area (Å²) in [6.45, 7) is 11.1. The Balaban J connectivity index is 0.000000260. The molecule has 0 aliphatic carbocycles. The predicted molar refractivity (Wildman–Crippen MR) is 184 cm³/mol. The molecule has 0 saturated heterocycles. The fraction of sp³-hybridized carbons (Fsp3) is 0.300. The third kappa shape index (κ3) is 13.1. The predicted octanol–water partition coefficient (Wildman–Crippen LogP) is 6.91. The molecule has 4 rings (SSSR count). The van der Waals surface area contributed by atoms with Gasteiger partial charge in [-0.2, -0.15) is 36.5 Å². The molecule has 19 heteroatoms. The van der Waals surface area contributed by atoms with E-state index >= 15 is 0 Å². The van der Waals surface area contributed by atoms with Crippen molar-refractivity contribution in [2.75, 3.05) is 27.2 Å². The van der Waals surface area contributed by atoms with Gasteiger partial charge in [0.15, 0.2) is 11.4 Å². The second kappa shape index (κ2) is 18.2. The van der Waals surface area contributed by atoms with Crippen molar-refractivity contribution < 1.29 is 31.2 Å². The van der Waals surface area contributed by atoms with Crippen LogP contribution in [0.25, 0.3) is 11.3 Å². The summed E-state index contributed by atoms with van der Waals surface area (Å²) < 4.78 is 60.6. The molecule has 264 valence electrons. The van der Waals surface area contributed by atoms with E-state index in [9.17, 15) is 31.2 Å². The molecule has 2 heterocycles. The average Bonchev–Trinajstić information content (AvgIpc) is 2.99. The van der Waals surface area contributed by atoms with E-state index in [1.54, 1.807) is 6.92 Å². The van der Waals surface area contributed by atoms with Crippen LogP contribution >= 0.6 is 23.2 Å². The normalized spacial score (nSPS) is 10.9. The molecule has 13 nitrogen and oxygen atoms in total. The van der Waals surface area contributed by atoms with Gasteiger partial charge in [-0.3, -0.25) is 14.3 Å². The Morgan fingerprint density at radius 3 is 2.10 bits per heavy atom. The van der Waals surface area contributed by atoms with Crippen LogP contribution in [-0.4, -0.2) is 63.9 Å². The highest BCUT2D eigenvalue weighted by molar-refractivity contribution is 7.93. The van der Waals surface area contributed by atoms with Crippen LogP contribution < -0.4 is 20.7 Å². The summed E-state index contributed by atoms with van der Waals surface area (Å²) in [4.78, 5) is 33.8. The molecular weight excluding hydrogens is 710 g/mol. The monoisotopic (exact) mass is 743 g/mol. The van der Waals surface area contributed by atoms with E-state index in [4.69, 9.17) is 23.2 Å². The summed E-state index contributed by atoms with van der Waals surface area (Å²) >= 11 is 11.4. The zero-order valence-corrected chi connectivity index (χ0v) is 29.5.